The molecule has 2 unspecified atom stereocenters. The highest BCUT2D eigenvalue weighted by Gasteiger charge is 2.35. The van der Waals surface area contributed by atoms with Crippen molar-refractivity contribution in [2.75, 3.05) is 13.7 Å². The highest BCUT2D eigenvalue weighted by molar-refractivity contribution is 7.99. The zero-order valence-electron chi connectivity index (χ0n) is 12.8. The first kappa shape index (κ1) is 16.9. The lowest BCUT2D eigenvalue weighted by Gasteiger charge is -2.29. The lowest BCUT2D eigenvalue weighted by atomic mass is 9.96. The van der Waals surface area contributed by atoms with Gasteiger partial charge in [0.2, 0.25) is 0 Å². The molecule has 0 aliphatic rings. The van der Waals surface area contributed by atoms with E-state index < -0.39 is 5.54 Å². The highest BCUT2D eigenvalue weighted by Crippen LogP contribution is 2.26. The third kappa shape index (κ3) is 4.76. The smallest absolute Gasteiger partial charge is 0.325 e. The van der Waals surface area contributed by atoms with Gasteiger partial charge in [0.05, 0.1) is 7.11 Å². The molecule has 0 aliphatic carbocycles. The Balaban J connectivity index is 2.68. The SMILES string of the molecule is CCNC(C)(CC(C)Sc1ncc(C)cn1)C(=O)OC. The molecule has 0 fully saturated rings. The van der Waals surface area contributed by atoms with Crippen molar-refractivity contribution in [3.63, 3.8) is 0 Å². The maximum absolute atomic E-state index is 11.9. The lowest BCUT2D eigenvalue weighted by molar-refractivity contribution is -0.148. The van der Waals surface area contributed by atoms with Crippen LogP contribution in [0.15, 0.2) is 17.6 Å². The van der Waals surface area contributed by atoms with Crippen molar-refractivity contribution in [3.05, 3.63) is 18.0 Å². The Morgan fingerprint density at radius 1 is 1.50 bits per heavy atom. The number of hydrogen-bond acceptors (Lipinski definition) is 6. The number of thioether (sulfide) groups is 1. The summed E-state index contributed by atoms with van der Waals surface area (Å²) in [4.78, 5) is 20.5. The zero-order chi connectivity index (χ0) is 15.2. The van der Waals surface area contributed by atoms with Crippen molar-refractivity contribution < 1.29 is 9.53 Å². The summed E-state index contributed by atoms with van der Waals surface area (Å²) in [6.45, 7) is 8.57. The minimum atomic E-state index is -0.680. The van der Waals surface area contributed by atoms with Gasteiger partial charge in [-0.25, -0.2) is 9.97 Å². The van der Waals surface area contributed by atoms with Crippen LogP contribution in [0.25, 0.3) is 0 Å². The van der Waals surface area contributed by atoms with Gasteiger partial charge in [0.15, 0.2) is 5.16 Å². The monoisotopic (exact) mass is 297 g/mol. The Kier molecular flexibility index (Phi) is 6.42. The molecule has 0 aliphatic heterocycles. The van der Waals surface area contributed by atoms with Gasteiger partial charge in [-0.1, -0.05) is 25.6 Å². The number of likely N-dealkylation sites (N-methyl/N-ethyl adjacent to an activating group) is 1. The Morgan fingerprint density at radius 3 is 2.60 bits per heavy atom. The van der Waals surface area contributed by atoms with Crippen LogP contribution < -0.4 is 5.32 Å². The summed E-state index contributed by atoms with van der Waals surface area (Å²) in [7, 11) is 1.42. The van der Waals surface area contributed by atoms with E-state index in [9.17, 15) is 4.79 Å². The van der Waals surface area contributed by atoms with Crippen molar-refractivity contribution in [2.45, 2.75) is 50.1 Å². The Hall–Kier alpha value is -1.14. The molecule has 6 heteroatoms. The second kappa shape index (κ2) is 7.59. The largest absolute Gasteiger partial charge is 0.468 e. The van der Waals surface area contributed by atoms with E-state index in [0.29, 0.717) is 13.0 Å². The summed E-state index contributed by atoms with van der Waals surface area (Å²) in [6.07, 6.45) is 4.24. The molecule has 0 amide bonds. The molecule has 1 N–H and O–H groups in total. The first-order chi connectivity index (χ1) is 9.41. The molecule has 20 heavy (non-hydrogen) atoms. The minimum Gasteiger partial charge on any atom is -0.468 e. The summed E-state index contributed by atoms with van der Waals surface area (Å²) < 4.78 is 4.89. The minimum absolute atomic E-state index is 0.195. The molecule has 0 saturated carbocycles. The second-order valence-electron chi connectivity index (χ2n) is 5.03. The predicted molar refractivity (Wildman–Crippen MR) is 80.8 cm³/mol. The number of ether oxygens (including phenoxy) is 1. The molecule has 5 nitrogen and oxygen atoms in total. The number of nitrogens with one attached hydrogen (secondary N) is 1. The van der Waals surface area contributed by atoms with Gasteiger partial charge in [-0.3, -0.25) is 4.79 Å². The summed E-state index contributed by atoms with van der Waals surface area (Å²) in [5.41, 5.74) is 0.356. The van der Waals surface area contributed by atoms with Gasteiger partial charge < -0.3 is 10.1 Å². The Labute approximate surface area is 124 Å². The molecule has 0 spiro atoms. The fraction of sp³-hybridized carbons (Fsp3) is 0.643. The molecular formula is C14H23N3O2S. The first-order valence-electron chi connectivity index (χ1n) is 6.70. The van der Waals surface area contributed by atoms with Gasteiger partial charge >= 0.3 is 5.97 Å². The third-order valence-corrected chi connectivity index (χ3v) is 3.95. The topological polar surface area (TPSA) is 64.1 Å². The number of aryl methyl sites for hydroxylation is 1. The standard InChI is InChI=1S/C14H23N3O2S/c1-6-17-14(4,12(18)19-5)7-11(3)20-13-15-8-10(2)9-16-13/h8-9,11,17H,6-7H2,1-5H3. The fourth-order valence-corrected chi connectivity index (χ4v) is 3.08. The van der Waals surface area contributed by atoms with Crippen LogP contribution in [-0.4, -0.2) is 40.4 Å². The van der Waals surface area contributed by atoms with Crippen LogP contribution in [0.2, 0.25) is 0 Å². The van der Waals surface area contributed by atoms with Gasteiger partial charge in [0.25, 0.3) is 0 Å². The van der Waals surface area contributed by atoms with Gasteiger partial charge in [0.1, 0.15) is 5.54 Å². The predicted octanol–water partition coefficient (Wildman–Crippen LogP) is 2.20. The summed E-state index contributed by atoms with van der Waals surface area (Å²) in [5.74, 6) is -0.239. The number of carbonyl (C=O) groups excluding carboxylic acids is 1. The van der Waals surface area contributed by atoms with E-state index in [1.807, 2.05) is 20.8 Å². The molecule has 0 radical (unpaired) electrons. The number of nitrogens with zero attached hydrogens (tertiary/aromatic N) is 2. The molecule has 112 valence electrons. The van der Waals surface area contributed by atoms with Crippen LogP contribution in [0.3, 0.4) is 0 Å². The van der Waals surface area contributed by atoms with E-state index in [1.165, 1.54) is 7.11 Å². The van der Waals surface area contributed by atoms with E-state index in [1.54, 1.807) is 24.2 Å². The number of methoxy groups -OCH3 is 1. The molecule has 0 bridgehead atoms. The van der Waals surface area contributed by atoms with Crippen LogP contribution in [0.4, 0.5) is 0 Å². The summed E-state index contributed by atoms with van der Waals surface area (Å²) >= 11 is 1.56. The average Bonchev–Trinajstić information content (AvgIpc) is 2.40. The molecule has 2 atom stereocenters. The van der Waals surface area contributed by atoms with Crippen molar-refractivity contribution in [1.82, 2.24) is 15.3 Å². The Morgan fingerprint density at radius 2 is 2.10 bits per heavy atom. The quantitative estimate of drug-likeness (QED) is 0.473. The van der Waals surface area contributed by atoms with Gasteiger partial charge in [-0.2, -0.15) is 0 Å². The van der Waals surface area contributed by atoms with E-state index in [0.717, 1.165) is 10.7 Å². The van der Waals surface area contributed by atoms with Crippen LogP contribution in [0.1, 0.15) is 32.8 Å². The number of carbonyl (C=O) groups is 1. The molecule has 1 aromatic rings. The molecular weight excluding hydrogens is 274 g/mol. The molecule has 1 heterocycles. The summed E-state index contributed by atoms with van der Waals surface area (Å²) in [6, 6.07) is 0. The van der Waals surface area contributed by atoms with E-state index in [4.69, 9.17) is 4.74 Å². The third-order valence-electron chi connectivity index (χ3n) is 2.96. The van der Waals surface area contributed by atoms with Crippen molar-refractivity contribution in [2.24, 2.45) is 0 Å². The molecule has 0 saturated heterocycles. The number of aromatic nitrogens is 2. The maximum atomic E-state index is 11.9. The molecule has 1 aromatic heterocycles. The number of esters is 1. The highest BCUT2D eigenvalue weighted by atomic mass is 32.2. The van der Waals surface area contributed by atoms with E-state index in [-0.39, 0.29) is 11.2 Å². The number of hydrogen-bond donors (Lipinski definition) is 1. The van der Waals surface area contributed by atoms with Gasteiger partial charge in [0, 0.05) is 17.6 Å². The van der Waals surface area contributed by atoms with Crippen LogP contribution in [0, 0.1) is 6.92 Å². The van der Waals surface area contributed by atoms with Gasteiger partial charge in [-0.05, 0) is 32.4 Å². The normalized spacial score (nSPS) is 15.4. The van der Waals surface area contributed by atoms with Gasteiger partial charge in [-0.15, -0.1) is 0 Å². The zero-order valence-corrected chi connectivity index (χ0v) is 13.6. The first-order valence-corrected chi connectivity index (χ1v) is 7.58. The van der Waals surface area contributed by atoms with Crippen LogP contribution in [0.5, 0.6) is 0 Å². The van der Waals surface area contributed by atoms with Crippen LogP contribution >= 0.6 is 11.8 Å². The summed E-state index contributed by atoms with van der Waals surface area (Å²) in [5, 5.41) is 4.13. The van der Waals surface area contributed by atoms with Crippen molar-refractivity contribution in [3.8, 4) is 0 Å². The number of rotatable bonds is 7. The molecule has 1 rings (SSSR count). The van der Waals surface area contributed by atoms with E-state index >= 15 is 0 Å². The lowest BCUT2D eigenvalue weighted by Crippen LogP contribution is -2.51. The Bertz CT molecular complexity index is 439. The fourth-order valence-electron chi connectivity index (χ4n) is 2.08. The maximum Gasteiger partial charge on any atom is 0.325 e. The van der Waals surface area contributed by atoms with Crippen LogP contribution in [-0.2, 0) is 9.53 Å². The van der Waals surface area contributed by atoms with E-state index in [2.05, 4.69) is 22.2 Å². The second-order valence-corrected chi connectivity index (χ2v) is 6.44. The van der Waals surface area contributed by atoms with Crippen molar-refractivity contribution >= 4 is 17.7 Å². The molecule has 0 aromatic carbocycles. The average molecular weight is 297 g/mol. The van der Waals surface area contributed by atoms with Crippen molar-refractivity contribution in [1.29, 1.82) is 0 Å².